The number of morpholine rings is 1. The largest absolute Gasteiger partial charge is 0.496 e. The summed E-state index contributed by atoms with van der Waals surface area (Å²) in [5.74, 6) is 0.707. The highest BCUT2D eigenvalue weighted by molar-refractivity contribution is 5.97. The molecule has 2 rings (SSSR count). The lowest BCUT2D eigenvalue weighted by Crippen LogP contribution is -2.40. The van der Waals surface area contributed by atoms with Gasteiger partial charge < -0.3 is 14.4 Å². The molecule has 0 aromatic heterocycles. The lowest BCUT2D eigenvalue weighted by atomic mass is 10.0. The quantitative estimate of drug-likeness (QED) is 0.802. The summed E-state index contributed by atoms with van der Waals surface area (Å²) >= 11 is 0. The van der Waals surface area contributed by atoms with E-state index in [2.05, 4.69) is 0 Å². The Morgan fingerprint density at radius 3 is 2.56 bits per heavy atom. The van der Waals surface area contributed by atoms with E-state index in [1.54, 1.807) is 7.11 Å². The van der Waals surface area contributed by atoms with E-state index in [0.29, 0.717) is 37.6 Å². The molecule has 18 heavy (non-hydrogen) atoms. The SMILES string of the molecule is COc1c(C)cc(C)cc1C(=O)N1CCOCC1. The first kappa shape index (κ1) is 12.9. The second-order valence-electron chi connectivity index (χ2n) is 4.57. The summed E-state index contributed by atoms with van der Waals surface area (Å²) in [6.45, 7) is 6.46. The molecule has 4 heteroatoms. The Kier molecular flexibility index (Phi) is 3.87. The highest BCUT2D eigenvalue weighted by Gasteiger charge is 2.22. The molecule has 1 aliphatic heterocycles. The molecule has 0 spiro atoms. The number of hydrogen-bond acceptors (Lipinski definition) is 3. The number of nitrogens with zero attached hydrogens (tertiary/aromatic N) is 1. The lowest BCUT2D eigenvalue weighted by Gasteiger charge is -2.27. The van der Waals surface area contributed by atoms with Crippen LogP contribution in [0.15, 0.2) is 12.1 Å². The predicted octanol–water partition coefficient (Wildman–Crippen LogP) is 1.78. The summed E-state index contributed by atoms with van der Waals surface area (Å²) in [5, 5.41) is 0. The summed E-state index contributed by atoms with van der Waals surface area (Å²) in [6, 6.07) is 3.92. The fraction of sp³-hybridized carbons (Fsp3) is 0.500. The monoisotopic (exact) mass is 249 g/mol. The molecule has 0 aliphatic carbocycles. The molecule has 1 saturated heterocycles. The van der Waals surface area contributed by atoms with Crippen LogP contribution in [0.2, 0.25) is 0 Å². The minimum absolute atomic E-state index is 0.0296. The standard InChI is InChI=1S/C14H19NO3/c1-10-8-11(2)13(17-3)12(9-10)14(16)15-4-6-18-7-5-15/h8-9H,4-7H2,1-3H3. The third-order valence-electron chi connectivity index (χ3n) is 3.15. The highest BCUT2D eigenvalue weighted by Crippen LogP contribution is 2.26. The van der Waals surface area contributed by atoms with Crippen molar-refractivity contribution in [1.82, 2.24) is 4.90 Å². The molecular formula is C14H19NO3. The van der Waals surface area contributed by atoms with Gasteiger partial charge in [-0.1, -0.05) is 6.07 Å². The van der Waals surface area contributed by atoms with E-state index >= 15 is 0 Å². The molecule has 1 amide bonds. The smallest absolute Gasteiger partial charge is 0.257 e. The Morgan fingerprint density at radius 2 is 1.94 bits per heavy atom. The van der Waals surface area contributed by atoms with Gasteiger partial charge >= 0.3 is 0 Å². The Labute approximate surface area is 107 Å². The van der Waals surface area contributed by atoms with Crippen LogP contribution in [0.1, 0.15) is 21.5 Å². The Hall–Kier alpha value is -1.55. The van der Waals surface area contributed by atoms with Crippen LogP contribution in [0.5, 0.6) is 5.75 Å². The number of rotatable bonds is 2. The van der Waals surface area contributed by atoms with Crippen LogP contribution in [-0.2, 0) is 4.74 Å². The number of hydrogen-bond donors (Lipinski definition) is 0. The molecule has 0 radical (unpaired) electrons. The second-order valence-corrected chi connectivity index (χ2v) is 4.57. The average molecular weight is 249 g/mol. The molecule has 1 fully saturated rings. The van der Waals surface area contributed by atoms with Crippen LogP contribution in [0.3, 0.4) is 0 Å². The maximum Gasteiger partial charge on any atom is 0.257 e. The zero-order valence-electron chi connectivity index (χ0n) is 11.2. The first-order chi connectivity index (χ1) is 8.63. The van der Waals surface area contributed by atoms with Gasteiger partial charge in [0.05, 0.1) is 25.9 Å². The third kappa shape index (κ3) is 2.48. The lowest BCUT2D eigenvalue weighted by molar-refractivity contribution is 0.0300. The summed E-state index contributed by atoms with van der Waals surface area (Å²) in [6.07, 6.45) is 0. The molecule has 1 aromatic rings. The van der Waals surface area contributed by atoms with Crippen LogP contribution in [-0.4, -0.2) is 44.2 Å². The molecule has 1 heterocycles. The summed E-state index contributed by atoms with van der Waals surface area (Å²) in [5.41, 5.74) is 2.72. The zero-order chi connectivity index (χ0) is 13.1. The topological polar surface area (TPSA) is 38.8 Å². The minimum Gasteiger partial charge on any atom is -0.496 e. The van der Waals surface area contributed by atoms with Crippen molar-refractivity contribution in [3.8, 4) is 5.75 Å². The Bertz CT molecular complexity index is 451. The van der Waals surface area contributed by atoms with Gasteiger partial charge in [-0.2, -0.15) is 0 Å². The Morgan fingerprint density at radius 1 is 1.28 bits per heavy atom. The average Bonchev–Trinajstić information content (AvgIpc) is 2.38. The zero-order valence-corrected chi connectivity index (χ0v) is 11.2. The number of carbonyl (C=O) groups is 1. The van der Waals surface area contributed by atoms with Gasteiger partial charge in [-0.15, -0.1) is 0 Å². The van der Waals surface area contributed by atoms with E-state index < -0.39 is 0 Å². The van der Waals surface area contributed by atoms with E-state index in [-0.39, 0.29) is 5.91 Å². The number of benzene rings is 1. The maximum atomic E-state index is 12.5. The summed E-state index contributed by atoms with van der Waals surface area (Å²) < 4.78 is 10.6. The first-order valence-electron chi connectivity index (χ1n) is 6.15. The van der Waals surface area contributed by atoms with Crippen molar-refractivity contribution in [2.75, 3.05) is 33.4 Å². The van der Waals surface area contributed by atoms with Crippen LogP contribution in [0.4, 0.5) is 0 Å². The van der Waals surface area contributed by atoms with Crippen LogP contribution in [0.25, 0.3) is 0 Å². The molecule has 0 bridgehead atoms. The van der Waals surface area contributed by atoms with Gasteiger partial charge in [0.25, 0.3) is 5.91 Å². The van der Waals surface area contributed by atoms with Gasteiger partial charge in [0, 0.05) is 13.1 Å². The van der Waals surface area contributed by atoms with Crippen molar-refractivity contribution in [1.29, 1.82) is 0 Å². The number of methoxy groups -OCH3 is 1. The van der Waals surface area contributed by atoms with Crippen LogP contribution >= 0.6 is 0 Å². The van der Waals surface area contributed by atoms with E-state index in [1.807, 2.05) is 30.9 Å². The van der Waals surface area contributed by atoms with E-state index in [9.17, 15) is 4.79 Å². The molecular weight excluding hydrogens is 230 g/mol. The Balaban J connectivity index is 2.33. The van der Waals surface area contributed by atoms with Crippen molar-refractivity contribution in [2.24, 2.45) is 0 Å². The molecule has 0 unspecified atom stereocenters. The van der Waals surface area contributed by atoms with Crippen LogP contribution in [0, 0.1) is 13.8 Å². The first-order valence-corrected chi connectivity index (χ1v) is 6.15. The highest BCUT2D eigenvalue weighted by atomic mass is 16.5. The summed E-state index contributed by atoms with van der Waals surface area (Å²) in [4.78, 5) is 14.3. The van der Waals surface area contributed by atoms with Gasteiger partial charge in [-0.05, 0) is 31.0 Å². The number of amides is 1. The molecule has 0 saturated carbocycles. The molecule has 0 N–H and O–H groups in total. The van der Waals surface area contributed by atoms with Crippen molar-refractivity contribution in [3.63, 3.8) is 0 Å². The fourth-order valence-corrected chi connectivity index (χ4v) is 2.32. The predicted molar refractivity (Wildman–Crippen MR) is 69.2 cm³/mol. The number of carbonyl (C=O) groups excluding carboxylic acids is 1. The summed E-state index contributed by atoms with van der Waals surface area (Å²) in [7, 11) is 1.60. The van der Waals surface area contributed by atoms with E-state index in [0.717, 1.165) is 11.1 Å². The normalized spacial score (nSPS) is 15.6. The van der Waals surface area contributed by atoms with Crippen molar-refractivity contribution in [2.45, 2.75) is 13.8 Å². The van der Waals surface area contributed by atoms with Crippen LogP contribution < -0.4 is 4.74 Å². The second kappa shape index (κ2) is 5.40. The third-order valence-corrected chi connectivity index (χ3v) is 3.15. The molecule has 1 aliphatic rings. The van der Waals surface area contributed by atoms with Gasteiger partial charge in [0.2, 0.25) is 0 Å². The van der Waals surface area contributed by atoms with Gasteiger partial charge in [0.15, 0.2) is 0 Å². The minimum atomic E-state index is 0.0296. The maximum absolute atomic E-state index is 12.5. The molecule has 4 nitrogen and oxygen atoms in total. The van der Waals surface area contributed by atoms with Gasteiger partial charge in [-0.3, -0.25) is 4.79 Å². The fourth-order valence-electron chi connectivity index (χ4n) is 2.32. The van der Waals surface area contributed by atoms with Gasteiger partial charge in [-0.25, -0.2) is 0 Å². The van der Waals surface area contributed by atoms with Gasteiger partial charge in [0.1, 0.15) is 5.75 Å². The molecule has 98 valence electrons. The van der Waals surface area contributed by atoms with Crippen molar-refractivity contribution < 1.29 is 14.3 Å². The van der Waals surface area contributed by atoms with Crippen molar-refractivity contribution in [3.05, 3.63) is 28.8 Å². The van der Waals surface area contributed by atoms with E-state index in [4.69, 9.17) is 9.47 Å². The molecule has 1 aromatic carbocycles. The van der Waals surface area contributed by atoms with Crippen molar-refractivity contribution >= 4 is 5.91 Å². The molecule has 0 atom stereocenters. The number of ether oxygens (including phenoxy) is 2. The van der Waals surface area contributed by atoms with E-state index in [1.165, 1.54) is 0 Å². The number of aryl methyl sites for hydroxylation is 2.